The summed E-state index contributed by atoms with van der Waals surface area (Å²) >= 11 is 0. The van der Waals surface area contributed by atoms with Crippen LogP contribution in [0.4, 0.5) is 5.69 Å². The lowest BCUT2D eigenvalue weighted by molar-refractivity contribution is -0.386. The van der Waals surface area contributed by atoms with E-state index in [1.54, 1.807) is 12.1 Å². The fourth-order valence-electron chi connectivity index (χ4n) is 1.75. The van der Waals surface area contributed by atoms with Gasteiger partial charge in [-0.1, -0.05) is 30.3 Å². The van der Waals surface area contributed by atoms with E-state index in [4.69, 9.17) is 9.47 Å². The monoisotopic (exact) mass is 273 g/mol. The van der Waals surface area contributed by atoms with Crippen LogP contribution < -0.4 is 9.47 Å². The number of benzene rings is 2. The zero-order valence-corrected chi connectivity index (χ0v) is 11.1. The fraction of sp³-hybridized carbons (Fsp3) is 0.200. The van der Waals surface area contributed by atoms with E-state index in [9.17, 15) is 10.1 Å². The summed E-state index contributed by atoms with van der Waals surface area (Å²) in [5, 5.41) is 11.1. The SMILES string of the molecule is CCOc1ccc(OCc2ccccc2)c([N+](=O)[O-])c1. The molecule has 2 aromatic carbocycles. The van der Waals surface area contributed by atoms with Gasteiger partial charge in [0.25, 0.3) is 0 Å². The molecule has 0 unspecified atom stereocenters. The van der Waals surface area contributed by atoms with Crippen LogP contribution in [-0.4, -0.2) is 11.5 Å². The number of hydrogen-bond acceptors (Lipinski definition) is 4. The molecule has 0 aliphatic heterocycles. The normalized spacial score (nSPS) is 10.1. The minimum atomic E-state index is -0.469. The van der Waals surface area contributed by atoms with Crippen LogP contribution in [0.15, 0.2) is 48.5 Å². The average molecular weight is 273 g/mol. The number of nitro benzene ring substituents is 1. The molecular weight excluding hydrogens is 258 g/mol. The molecule has 0 saturated heterocycles. The predicted molar refractivity (Wildman–Crippen MR) is 75.0 cm³/mol. The fourth-order valence-corrected chi connectivity index (χ4v) is 1.75. The Morgan fingerprint density at radius 2 is 1.85 bits per heavy atom. The van der Waals surface area contributed by atoms with Gasteiger partial charge in [0.1, 0.15) is 12.4 Å². The van der Waals surface area contributed by atoms with Gasteiger partial charge in [-0.15, -0.1) is 0 Å². The maximum absolute atomic E-state index is 11.1. The smallest absolute Gasteiger partial charge is 0.314 e. The molecule has 104 valence electrons. The summed E-state index contributed by atoms with van der Waals surface area (Å²) in [4.78, 5) is 10.6. The first-order valence-corrected chi connectivity index (χ1v) is 6.28. The second-order valence-electron chi connectivity index (χ2n) is 4.09. The van der Waals surface area contributed by atoms with Crippen LogP contribution in [0.1, 0.15) is 12.5 Å². The summed E-state index contributed by atoms with van der Waals surface area (Å²) in [7, 11) is 0. The van der Waals surface area contributed by atoms with Gasteiger partial charge >= 0.3 is 5.69 Å². The molecule has 0 saturated carbocycles. The Morgan fingerprint density at radius 3 is 2.50 bits per heavy atom. The number of hydrogen-bond donors (Lipinski definition) is 0. The molecule has 0 radical (unpaired) electrons. The van der Waals surface area contributed by atoms with Crippen LogP contribution in [0.3, 0.4) is 0 Å². The first-order valence-electron chi connectivity index (χ1n) is 6.28. The highest BCUT2D eigenvalue weighted by Crippen LogP contribution is 2.31. The van der Waals surface area contributed by atoms with Crippen LogP contribution >= 0.6 is 0 Å². The topological polar surface area (TPSA) is 61.6 Å². The Hall–Kier alpha value is -2.56. The summed E-state index contributed by atoms with van der Waals surface area (Å²) in [6.45, 7) is 2.57. The predicted octanol–water partition coefficient (Wildman–Crippen LogP) is 3.57. The van der Waals surface area contributed by atoms with Crippen molar-refractivity contribution in [2.24, 2.45) is 0 Å². The van der Waals surface area contributed by atoms with Crippen LogP contribution in [0.2, 0.25) is 0 Å². The van der Waals surface area contributed by atoms with E-state index in [1.807, 2.05) is 37.3 Å². The summed E-state index contributed by atoms with van der Waals surface area (Å²) in [5.74, 6) is 0.702. The molecule has 0 amide bonds. The van der Waals surface area contributed by atoms with E-state index in [0.717, 1.165) is 5.56 Å². The Labute approximate surface area is 116 Å². The average Bonchev–Trinajstić information content (AvgIpc) is 2.47. The van der Waals surface area contributed by atoms with E-state index < -0.39 is 4.92 Å². The summed E-state index contributed by atoms with van der Waals surface area (Å²) < 4.78 is 10.8. The molecule has 0 atom stereocenters. The molecular formula is C15H15NO4. The highest BCUT2D eigenvalue weighted by Gasteiger charge is 2.16. The molecule has 2 rings (SSSR count). The van der Waals surface area contributed by atoms with Crippen molar-refractivity contribution in [3.05, 3.63) is 64.2 Å². The van der Waals surface area contributed by atoms with Gasteiger partial charge < -0.3 is 9.47 Å². The Morgan fingerprint density at radius 1 is 1.10 bits per heavy atom. The van der Waals surface area contributed by atoms with E-state index in [2.05, 4.69) is 0 Å². The maximum Gasteiger partial charge on any atom is 0.314 e. The summed E-state index contributed by atoms with van der Waals surface area (Å²) in [6, 6.07) is 14.1. The van der Waals surface area contributed by atoms with Gasteiger partial charge in [-0.3, -0.25) is 10.1 Å². The van der Waals surface area contributed by atoms with Crippen LogP contribution in [0.25, 0.3) is 0 Å². The zero-order chi connectivity index (χ0) is 14.4. The lowest BCUT2D eigenvalue weighted by Crippen LogP contribution is -2.00. The van der Waals surface area contributed by atoms with E-state index in [0.29, 0.717) is 12.4 Å². The van der Waals surface area contributed by atoms with Gasteiger partial charge in [-0.25, -0.2) is 0 Å². The lowest BCUT2D eigenvalue weighted by atomic mass is 10.2. The molecule has 5 heteroatoms. The molecule has 0 spiro atoms. The zero-order valence-electron chi connectivity index (χ0n) is 11.1. The Kier molecular flexibility index (Phi) is 4.55. The summed E-state index contributed by atoms with van der Waals surface area (Å²) in [5.41, 5.74) is 0.863. The van der Waals surface area contributed by atoms with Crippen LogP contribution in [-0.2, 0) is 6.61 Å². The maximum atomic E-state index is 11.1. The van der Waals surface area contributed by atoms with Crippen LogP contribution in [0, 0.1) is 10.1 Å². The first-order chi connectivity index (χ1) is 9.70. The third kappa shape index (κ3) is 3.47. The number of nitro groups is 1. The van der Waals surface area contributed by atoms with Crippen molar-refractivity contribution in [2.75, 3.05) is 6.61 Å². The second kappa shape index (κ2) is 6.56. The minimum Gasteiger partial charge on any atom is -0.494 e. The number of nitrogens with zero attached hydrogens (tertiary/aromatic N) is 1. The van der Waals surface area contributed by atoms with Gasteiger partial charge in [0.05, 0.1) is 17.6 Å². The third-order valence-electron chi connectivity index (χ3n) is 2.68. The van der Waals surface area contributed by atoms with Crippen molar-refractivity contribution in [1.29, 1.82) is 0 Å². The summed E-state index contributed by atoms with van der Waals surface area (Å²) in [6.07, 6.45) is 0. The standard InChI is InChI=1S/C15H15NO4/c1-2-19-13-8-9-15(14(10-13)16(17)18)20-11-12-6-4-3-5-7-12/h3-10H,2,11H2,1H3. The number of ether oxygens (including phenoxy) is 2. The molecule has 0 bridgehead atoms. The molecule has 0 aromatic heterocycles. The van der Waals surface area contributed by atoms with Crippen molar-refractivity contribution in [3.63, 3.8) is 0 Å². The second-order valence-corrected chi connectivity index (χ2v) is 4.09. The largest absolute Gasteiger partial charge is 0.494 e. The van der Waals surface area contributed by atoms with Crippen molar-refractivity contribution < 1.29 is 14.4 Å². The highest BCUT2D eigenvalue weighted by molar-refractivity contribution is 5.51. The van der Waals surface area contributed by atoms with Crippen LogP contribution in [0.5, 0.6) is 11.5 Å². The van der Waals surface area contributed by atoms with Gasteiger partial charge in [0.15, 0.2) is 5.75 Å². The number of rotatable bonds is 6. The molecule has 0 heterocycles. The third-order valence-corrected chi connectivity index (χ3v) is 2.68. The first kappa shape index (κ1) is 13.9. The van der Waals surface area contributed by atoms with E-state index in [1.165, 1.54) is 6.07 Å². The van der Waals surface area contributed by atoms with Crippen molar-refractivity contribution >= 4 is 5.69 Å². The van der Waals surface area contributed by atoms with Crippen molar-refractivity contribution in [2.45, 2.75) is 13.5 Å². The molecule has 0 fully saturated rings. The van der Waals surface area contributed by atoms with Gasteiger partial charge in [0.2, 0.25) is 0 Å². The van der Waals surface area contributed by atoms with Gasteiger partial charge in [-0.2, -0.15) is 0 Å². The molecule has 0 N–H and O–H groups in total. The quantitative estimate of drug-likeness (QED) is 0.596. The Balaban J connectivity index is 2.16. The van der Waals surface area contributed by atoms with Gasteiger partial charge in [0, 0.05) is 0 Å². The molecule has 0 aliphatic carbocycles. The van der Waals surface area contributed by atoms with Gasteiger partial charge in [-0.05, 0) is 24.6 Å². The van der Waals surface area contributed by atoms with E-state index in [-0.39, 0.29) is 18.0 Å². The van der Waals surface area contributed by atoms with Crippen molar-refractivity contribution in [1.82, 2.24) is 0 Å². The minimum absolute atomic E-state index is 0.0909. The van der Waals surface area contributed by atoms with E-state index >= 15 is 0 Å². The molecule has 2 aromatic rings. The molecule has 20 heavy (non-hydrogen) atoms. The Bertz CT molecular complexity index is 584. The molecule has 0 aliphatic rings. The molecule has 5 nitrogen and oxygen atoms in total. The van der Waals surface area contributed by atoms with Crippen molar-refractivity contribution in [3.8, 4) is 11.5 Å². The lowest BCUT2D eigenvalue weighted by Gasteiger charge is -2.08. The highest BCUT2D eigenvalue weighted by atomic mass is 16.6.